The summed E-state index contributed by atoms with van der Waals surface area (Å²) in [6, 6.07) is 22.1. The molecule has 3 heterocycles. The van der Waals surface area contributed by atoms with E-state index in [9.17, 15) is 9.59 Å². The third kappa shape index (κ3) is 4.75. The molecule has 0 N–H and O–H groups in total. The van der Waals surface area contributed by atoms with Crippen LogP contribution in [0.1, 0.15) is 33.6 Å². The van der Waals surface area contributed by atoms with E-state index in [4.69, 9.17) is 15.1 Å². The summed E-state index contributed by atoms with van der Waals surface area (Å²) in [6.45, 7) is 0.481. The highest BCUT2D eigenvalue weighted by molar-refractivity contribution is 6.33. The first-order chi connectivity index (χ1) is 18.1. The van der Waals surface area contributed by atoms with Gasteiger partial charge >= 0.3 is 0 Å². The molecule has 0 spiro atoms. The van der Waals surface area contributed by atoms with E-state index in [-0.39, 0.29) is 12.5 Å². The third-order valence-corrected chi connectivity index (χ3v) is 6.12. The molecule has 1 aliphatic heterocycles. The lowest BCUT2D eigenvalue weighted by molar-refractivity contribution is -0.123. The lowest BCUT2D eigenvalue weighted by Gasteiger charge is -2.28. The highest BCUT2D eigenvalue weighted by Crippen LogP contribution is 2.33. The number of rotatable bonds is 7. The molecule has 2 aromatic carbocycles. The Morgan fingerprint density at radius 1 is 0.973 bits per heavy atom. The fourth-order valence-corrected chi connectivity index (χ4v) is 4.29. The molecular formula is C29H23N5O3. The van der Waals surface area contributed by atoms with E-state index in [2.05, 4.69) is 11.1 Å². The number of benzene rings is 2. The highest BCUT2D eigenvalue weighted by atomic mass is 16.5. The second-order valence-corrected chi connectivity index (χ2v) is 8.45. The number of pyridine rings is 1. The van der Waals surface area contributed by atoms with Crippen molar-refractivity contribution in [2.45, 2.75) is 19.5 Å². The molecule has 0 saturated carbocycles. The molecule has 4 aromatic rings. The maximum absolute atomic E-state index is 13.7. The molecule has 8 nitrogen and oxygen atoms in total. The molecule has 0 atom stereocenters. The molecule has 1 aliphatic rings. The first-order valence-electron chi connectivity index (χ1n) is 11.7. The van der Waals surface area contributed by atoms with Crippen molar-refractivity contribution in [2.75, 3.05) is 7.11 Å². The fraction of sp³-hybridized carbons (Fsp3) is 0.138. The first-order valence-corrected chi connectivity index (χ1v) is 11.7. The van der Waals surface area contributed by atoms with Crippen LogP contribution in [-0.4, -0.2) is 38.6 Å². The summed E-state index contributed by atoms with van der Waals surface area (Å²) >= 11 is 0. The van der Waals surface area contributed by atoms with Gasteiger partial charge in [-0.15, -0.1) is 0 Å². The number of ether oxygens (including phenoxy) is 1. The smallest absolute Gasteiger partial charge is 0.261 e. The molecule has 0 unspecified atom stereocenters. The average Bonchev–Trinajstić information content (AvgIpc) is 3.35. The molecule has 8 heteroatoms. The number of nitrogens with zero attached hydrogens (tertiary/aromatic N) is 5. The van der Waals surface area contributed by atoms with Crippen molar-refractivity contribution in [1.82, 2.24) is 19.7 Å². The Labute approximate surface area is 214 Å². The number of amides is 2. The Kier molecular flexibility index (Phi) is 6.60. The predicted molar refractivity (Wildman–Crippen MR) is 138 cm³/mol. The zero-order valence-electron chi connectivity index (χ0n) is 20.2. The lowest BCUT2D eigenvalue weighted by atomic mass is 9.91. The van der Waals surface area contributed by atoms with Gasteiger partial charge in [-0.25, -0.2) is 0 Å². The zero-order valence-corrected chi connectivity index (χ0v) is 20.2. The van der Waals surface area contributed by atoms with E-state index in [0.717, 1.165) is 5.56 Å². The molecule has 2 aromatic heterocycles. The van der Waals surface area contributed by atoms with E-state index in [0.29, 0.717) is 52.4 Å². The normalized spacial score (nSPS) is 13.9. The summed E-state index contributed by atoms with van der Waals surface area (Å²) in [5.41, 5.74) is 4.22. The molecule has 0 radical (unpaired) electrons. The van der Waals surface area contributed by atoms with Crippen LogP contribution in [0.25, 0.3) is 22.9 Å². The van der Waals surface area contributed by atoms with Crippen LogP contribution >= 0.6 is 0 Å². The molecule has 182 valence electrons. The molecule has 0 fully saturated rings. The van der Waals surface area contributed by atoms with Crippen LogP contribution in [-0.2, 0) is 17.9 Å². The summed E-state index contributed by atoms with van der Waals surface area (Å²) in [5.74, 6) is -0.0454. The Morgan fingerprint density at radius 2 is 1.73 bits per heavy atom. The van der Waals surface area contributed by atoms with E-state index in [1.807, 2.05) is 42.6 Å². The van der Waals surface area contributed by atoms with Gasteiger partial charge in [-0.1, -0.05) is 24.3 Å². The number of carbonyl (C=O) groups excluding carboxylic acids is 2. The predicted octanol–water partition coefficient (Wildman–Crippen LogP) is 4.59. The summed E-state index contributed by atoms with van der Waals surface area (Å²) in [6.07, 6.45) is 5.53. The largest absolute Gasteiger partial charge is 0.497 e. The number of aromatic nitrogens is 3. The van der Waals surface area contributed by atoms with Crippen LogP contribution in [0.5, 0.6) is 5.75 Å². The van der Waals surface area contributed by atoms with Crippen LogP contribution in [0.3, 0.4) is 0 Å². The maximum Gasteiger partial charge on any atom is 0.261 e. The van der Waals surface area contributed by atoms with Crippen molar-refractivity contribution >= 4 is 23.5 Å². The van der Waals surface area contributed by atoms with Crippen LogP contribution < -0.4 is 4.74 Å². The van der Waals surface area contributed by atoms with Crippen LogP contribution in [0.2, 0.25) is 0 Å². The number of nitriles is 1. The van der Waals surface area contributed by atoms with E-state index < -0.39 is 5.91 Å². The molecule has 37 heavy (non-hydrogen) atoms. The number of imide groups is 1. The van der Waals surface area contributed by atoms with E-state index in [1.165, 1.54) is 4.90 Å². The quantitative estimate of drug-likeness (QED) is 0.278. The number of hydrogen-bond donors (Lipinski definition) is 0. The number of aryl methyl sites for hydroxylation is 1. The lowest BCUT2D eigenvalue weighted by Crippen LogP contribution is -2.41. The highest BCUT2D eigenvalue weighted by Gasteiger charge is 2.35. The van der Waals surface area contributed by atoms with Crippen molar-refractivity contribution in [2.24, 2.45) is 0 Å². The first kappa shape index (κ1) is 23.7. The van der Waals surface area contributed by atoms with Gasteiger partial charge in [0.05, 0.1) is 44.1 Å². The van der Waals surface area contributed by atoms with E-state index >= 15 is 0 Å². The number of methoxy groups -OCH3 is 1. The Hall–Kier alpha value is -5.03. The van der Waals surface area contributed by atoms with Gasteiger partial charge in [0.25, 0.3) is 11.8 Å². The summed E-state index contributed by atoms with van der Waals surface area (Å²) in [5, 5.41) is 13.8. The van der Waals surface area contributed by atoms with Crippen LogP contribution in [0.4, 0.5) is 0 Å². The molecule has 0 bridgehead atoms. The minimum absolute atomic E-state index is 0.0664. The van der Waals surface area contributed by atoms with Gasteiger partial charge in [-0.05, 0) is 54.1 Å². The van der Waals surface area contributed by atoms with Crippen molar-refractivity contribution < 1.29 is 14.3 Å². The molecule has 0 aliphatic carbocycles. The van der Waals surface area contributed by atoms with Gasteiger partial charge in [0.15, 0.2) is 0 Å². The summed E-state index contributed by atoms with van der Waals surface area (Å²) in [7, 11) is 1.60. The van der Waals surface area contributed by atoms with E-state index in [1.54, 1.807) is 54.4 Å². The standard InChI is InChI=1S/C29H23N5O3/c1-37-23-12-10-20(11-13-23)27-21(18-33(32-27)16-6-14-30)17-26-24-8-2-3-9-25(24)28(35)34(29(26)36)19-22-7-4-5-15-31-22/h2-5,7-13,15,17-18H,6,16,19H2,1H3. The number of fused-ring (bicyclic) bond motifs is 1. The minimum Gasteiger partial charge on any atom is -0.497 e. The maximum atomic E-state index is 13.7. The SMILES string of the molecule is COc1ccc(-c2nn(CCC#N)cc2C=C2C(=O)N(Cc3ccccn3)C(=O)c3ccccc32)cc1. The monoisotopic (exact) mass is 489 g/mol. The van der Waals surface area contributed by atoms with Gasteiger partial charge in [0.2, 0.25) is 0 Å². The van der Waals surface area contributed by atoms with Gasteiger partial charge < -0.3 is 4.74 Å². The van der Waals surface area contributed by atoms with Gasteiger partial charge in [0.1, 0.15) is 5.75 Å². The Balaban J connectivity index is 1.62. The molecule has 5 rings (SSSR count). The minimum atomic E-state index is -0.403. The molecule has 2 amide bonds. The average molecular weight is 490 g/mol. The summed E-state index contributed by atoms with van der Waals surface area (Å²) in [4.78, 5) is 32.5. The van der Waals surface area contributed by atoms with Gasteiger partial charge in [-0.3, -0.25) is 24.2 Å². The third-order valence-electron chi connectivity index (χ3n) is 6.12. The van der Waals surface area contributed by atoms with Crippen molar-refractivity contribution in [3.05, 3.63) is 102 Å². The van der Waals surface area contributed by atoms with Crippen molar-refractivity contribution in [3.63, 3.8) is 0 Å². The number of carbonyl (C=O) groups is 2. The Bertz CT molecular complexity index is 1530. The van der Waals surface area contributed by atoms with Crippen molar-refractivity contribution in [3.8, 4) is 23.1 Å². The topological polar surface area (TPSA) is 101 Å². The zero-order chi connectivity index (χ0) is 25.8. The number of hydrogen-bond acceptors (Lipinski definition) is 6. The van der Waals surface area contributed by atoms with Crippen LogP contribution in [0, 0.1) is 11.3 Å². The van der Waals surface area contributed by atoms with Crippen molar-refractivity contribution in [1.29, 1.82) is 5.26 Å². The molecule has 0 saturated heterocycles. The second-order valence-electron chi connectivity index (χ2n) is 8.45. The fourth-order valence-electron chi connectivity index (χ4n) is 4.29. The van der Waals surface area contributed by atoms with Crippen LogP contribution in [0.15, 0.2) is 79.1 Å². The van der Waals surface area contributed by atoms with Gasteiger partial charge in [0, 0.05) is 34.7 Å². The van der Waals surface area contributed by atoms with Gasteiger partial charge in [-0.2, -0.15) is 10.4 Å². The second kappa shape index (κ2) is 10.3. The molecular weight excluding hydrogens is 466 g/mol. The summed E-state index contributed by atoms with van der Waals surface area (Å²) < 4.78 is 6.98. The Morgan fingerprint density at radius 3 is 2.43 bits per heavy atom.